The Bertz CT molecular complexity index is 652. The zero-order chi connectivity index (χ0) is 15.6. The van der Waals surface area contributed by atoms with Gasteiger partial charge in [0.15, 0.2) is 0 Å². The van der Waals surface area contributed by atoms with E-state index in [1.54, 1.807) is 17.7 Å². The number of thioether (sulfide) groups is 1. The van der Waals surface area contributed by atoms with Gasteiger partial charge in [0.1, 0.15) is 16.2 Å². The van der Waals surface area contributed by atoms with Crippen LogP contribution in [0.1, 0.15) is 31.2 Å². The van der Waals surface area contributed by atoms with Crippen LogP contribution in [-0.2, 0) is 4.79 Å². The Labute approximate surface area is 133 Å². The molecule has 0 aliphatic rings. The molecule has 114 valence electrons. The third-order valence-corrected chi connectivity index (χ3v) is 5.76. The molecule has 1 amide bonds. The molecule has 0 saturated heterocycles. The van der Waals surface area contributed by atoms with E-state index in [2.05, 4.69) is 43.0 Å². The van der Waals surface area contributed by atoms with Gasteiger partial charge in [-0.3, -0.25) is 4.79 Å². The highest BCUT2D eigenvalue weighted by atomic mass is 32.2. The van der Waals surface area contributed by atoms with E-state index in [1.807, 2.05) is 6.92 Å². The highest BCUT2D eigenvalue weighted by Gasteiger charge is 2.15. The van der Waals surface area contributed by atoms with E-state index in [-0.39, 0.29) is 11.9 Å². The minimum Gasteiger partial charge on any atom is -0.353 e. The van der Waals surface area contributed by atoms with Crippen LogP contribution in [0, 0.1) is 19.8 Å². The van der Waals surface area contributed by atoms with Gasteiger partial charge in [0.2, 0.25) is 5.91 Å². The van der Waals surface area contributed by atoms with E-state index in [0.717, 1.165) is 15.2 Å². The molecule has 0 spiro atoms. The first-order valence-electron chi connectivity index (χ1n) is 7.03. The molecule has 2 heterocycles. The number of carbonyl (C=O) groups excluding carboxylic acids is 1. The van der Waals surface area contributed by atoms with Crippen molar-refractivity contribution in [1.29, 1.82) is 0 Å². The minimum absolute atomic E-state index is 0.0533. The van der Waals surface area contributed by atoms with Gasteiger partial charge in [-0.1, -0.05) is 25.6 Å². The van der Waals surface area contributed by atoms with Crippen molar-refractivity contribution in [2.75, 3.05) is 5.75 Å². The number of amides is 1. The van der Waals surface area contributed by atoms with Crippen molar-refractivity contribution in [2.45, 2.75) is 45.7 Å². The lowest BCUT2D eigenvalue weighted by atomic mass is 10.1. The van der Waals surface area contributed by atoms with Gasteiger partial charge in [-0.15, -0.1) is 11.3 Å². The first-order valence-corrected chi connectivity index (χ1v) is 8.83. The smallest absolute Gasteiger partial charge is 0.230 e. The Hall–Kier alpha value is -1.14. The maximum absolute atomic E-state index is 12.0. The normalized spacial score (nSPS) is 12.9. The average Bonchev–Trinajstić information content (AvgIpc) is 2.72. The van der Waals surface area contributed by atoms with Gasteiger partial charge in [-0.05, 0) is 32.3 Å². The van der Waals surface area contributed by atoms with Crippen LogP contribution < -0.4 is 5.32 Å². The molecule has 0 aliphatic heterocycles. The Morgan fingerprint density at radius 1 is 1.33 bits per heavy atom. The van der Waals surface area contributed by atoms with Gasteiger partial charge in [-0.2, -0.15) is 0 Å². The van der Waals surface area contributed by atoms with Crippen LogP contribution in [0.3, 0.4) is 0 Å². The van der Waals surface area contributed by atoms with Gasteiger partial charge >= 0.3 is 0 Å². The van der Waals surface area contributed by atoms with Crippen molar-refractivity contribution < 1.29 is 4.79 Å². The van der Waals surface area contributed by atoms with Crippen LogP contribution >= 0.6 is 23.1 Å². The van der Waals surface area contributed by atoms with Crippen molar-refractivity contribution in [2.24, 2.45) is 5.92 Å². The van der Waals surface area contributed by atoms with E-state index < -0.39 is 0 Å². The summed E-state index contributed by atoms with van der Waals surface area (Å²) < 4.78 is 0. The van der Waals surface area contributed by atoms with Crippen LogP contribution in [0.2, 0.25) is 0 Å². The highest BCUT2D eigenvalue weighted by molar-refractivity contribution is 8.00. The maximum Gasteiger partial charge on any atom is 0.230 e. The number of nitrogens with zero attached hydrogens (tertiary/aromatic N) is 2. The largest absolute Gasteiger partial charge is 0.353 e. The minimum atomic E-state index is 0.0533. The van der Waals surface area contributed by atoms with Crippen LogP contribution in [0.15, 0.2) is 11.4 Å². The fourth-order valence-electron chi connectivity index (χ4n) is 1.86. The molecule has 1 unspecified atom stereocenters. The quantitative estimate of drug-likeness (QED) is 0.675. The maximum atomic E-state index is 12.0. The second-order valence-corrected chi connectivity index (χ2v) is 7.70. The van der Waals surface area contributed by atoms with Gasteiger partial charge in [0.25, 0.3) is 0 Å². The molecule has 21 heavy (non-hydrogen) atoms. The number of nitrogens with one attached hydrogen (secondary N) is 1. The van der Waals surface area contributed by atoms with Crippen molar-refractivity contribution >= 4 is 39.2 Å². The molecule has 0 bridgehead atoms. The Kier molecular flexibility index (Phi) is 5.22. The number of rotatable bonds is 5. The second kappa shape index (κ2) is 6.75. The van der Waals surface area contributed by atoms with E-state index in [4.69, 9.17) is 0 Å². The molecule has 2 aromatic heterocycles. The predicted octanol–water partition coefficient (Wildman–Crippen LogP) is 3.56. The third-order valence-electron chi connectivity index (χ3n) is 3.66. The lowest BCUT2D eigenvalue weighted by molar-refractivity contribution is -0.119. The molecule has 0 saturated carbocycles. The standard InChI is InChI=1S/C15H21N3OS2/c1-8(2)10(4)18-12(19)6-20-14-13-9(3)11(5)21-15(13)17-7-16-14/h7-8,10H,6H2,1-5H3,(H,18,19). The zero-order valence-corrected chi connectivity index (χ0v) is 14.7. The molecule has 2 aromatic rings. The molecular formula is C15H21N3OS2. The molecule has 1 atom stereocenters. The molecule has 0 radical (unpaired) electrons. The summed E-state index contributed by atoms with van der Waals surface area (Å²) in [6.07, 6.45) is 1.58. The average molecular weight is 323 g/mol. The number of thiophene rings is 1. The Balaban J connectivity index is 2.09. The van der Waals surface area contributed by atoms with Gasteiger partial charge < -0.3 is 5.32 Å². The van der Waals surface area contributed by atoms with E-state index >= 15 is 0 Å². The summed E-state index contributed by atoms with van der Waals surface area (Å²) >= 11 is 3.16. The fourth-order valence-corrected chi connectivity index (χ4v) is 3.78. The lowest BCUT2D eigenvalue weighted by Gasteiger charge is -2.17. The molecule has 6 heteroatoms. The van der Waals surface area contributed by atoms with Gasteiger partial charge in [-0.25, -0.2) is 9.97 Å². The fraction of sp³-hybridized carbons (Fsp3) is 0.533. The molecule has 2 rings (SSSR count). The second-order valence-electron chi connectivity index (χ2n) is 5.53. The zero-order valence-electron chi connectivity index (χ0n) is 13.1. The van der Waals surface area contributed by atoms with Crippen LogP contribution in [-0.4, -0.2) is 27.7 Å². The lowest BCUT2D eigenvalue weighted by Crippen LogP contribution is -2.37. The van der Waals surface area contributed by atoms with Gasteiger partial charge in [0.05, 0.1) is 5.75 Å². The molecular weight excluding hydrogens is 302 g/mol. The Morgan fingerprint density at radius 2 is 2.05 bits per heavy atom. The summed E-state index contributed by atoms with van der Waals surface area (Å²) in [4.78, 5) is 22.9. The van der Waals surface area contributed by atoms with Crippen molar-refractivity contribution in [3.05, 3.63) is 16.8 Å². The molecule has 1 N–H and O–H groups in total. The van der Waals surface area contributed by atoms with Gasteiger partial charge in [0, 0.05) is 16.3 Å². The monoisotopic (exact) mass is 323 g/mol. The van der Waals surface area contributed by atoms with Crippen LogP contribution in [0.25, 0.3) is 10.2 Å². The first-order chi connectivity index (χ1) is 9.90. The highest BCUT2D eigenvalue weighted by Crippen LogP contribution is 2.34. The molecule has 0 aliphatic carbocycles. The van der Waals surface area contributed by atoms with E-state index in [0.29, 0.717) is 11.7 Å². The summed E-state index contributed by atoms with van der Waals surface area (Å²) in [5.74, 6) is 0.876. The first kappa shape index (κ1) is 16.2. The summed E-state index contributed by atoms with van der Waals surface area (Å²) in [6.45, 7) is 10.4. The number of aryl methyl sites for hydroxylation is 2. The number of carbonyl (C=O) groups is 1. The molecule has 0 fully saturated rings. The number of hydrogen-bond acceptors (Lipinski definition) is 5. The summed E-state index contributed by atoms with van der Waals surface area (Å²) in [6, 6.07) is 0.189. The van der Waals surface area contributed by atoms with Crippen LogP contribution in [0.5, 0.6) is 0 Å². The summed E-state index contributed by atoms with van der Waals surface area (Å²) in [5.41, 5.74) is 1.22. The third kappa shape index (κ3) is 3.74. The number of fused-ring (bicyclic) bond motifs is 1. The van der Waals surface area contributed by atoms with Crippen molar-refractivity contribution in [3.63, 3.8) is 0 Å². The van der Waals surface area contributed by atoms with Crippen molar-refractivity contribution in [3.8, 4) is 0 Å². The molecule has 0 aromatic carbocycles. The van der Waals surface area contributed by atoms with Crippen LogP contribution in [0.4, 0.5) is 0 Å². The van der Waals surface area contributed by atoms with E-state index in [9.17, 15) is 4.79 Å². The summed E-state index contributed by atoms with van der Waals surface area (Å²) in [7, 11) is 0. The predicted molar refractivity (Wildman–Crippen MR) is 90.1 cm³/mol. The SMILES string of the molecule is Cc1sc2ncnc(SCC(=O)NC(C)C(C)C)c2c1C. The van der Waals surface area contributed by atoms with E-state index in [1.165, 1.54) is 22.2 Å². The summed E-state index contributed by atoms with van der Waals surface area (Å²) in [5, 5.41) is 5.01. The number of aromatic nitrogens is 2. The number of hydrogen-bond donors (Lipinski definition) is 1. The van der Waals surface area contributed by atoms with Crippen molar-refractivity contribution in [1.82, 2.24) is 15.3 Å². The topological polar surface area (TPSA) is 54.9 Å². The molecule has 4 nitrogen and oxygen atoms in total. The Morgan fingerprint density at radius 3 is 2.71 bits per heavy atom.